The van der Waals surface area contributed by atoms with Gasteiger partial charge in [0, 0.05) is 32.5 Å². The van der Waals surface area contributed by atoms with Crippen molar-refractivity contribution in [1.29, 1.82) is 0 Å². The summed E-state index contributed by atoms with van der Waals surface area (Å²) < 4.78 is 17.4. The summed E-state index contributed by atoms with van der Waals surface area (Å²) in [5.41, 5.74) is 4.61. The number of hydrogen-bond donors (Lipinski definition) is 0. The molecule has 5 rings (SSSR count). The molecule has 4 aliphatic carbocycles. The lowest BCUT2D eigenvalue weighted by molar-refractivity contribution is -0.151. The molecule has 368 valence electrons. The van der Waals surface area contributed by atoms with E-state index in [0.29, 0.717) is 50.6 Å². The summed E-state index contributed by atoms with van der Waals surface area (Å²) in [6, 6.07) is 8.33. The Bertz CT molecular complexity index is 1650. The van der Waals surface area contributed by atoms with Gasteiger partial charge in [-0.2, -0.15) is 0 Å². The van der Waals surface area contributed by atoms with Crippen molar-refractivity contribution in [2.75, 3.05) is 46.9 Å². The fraction of sp³-hybridized carbons (Fsp3) is 0.807. The minimum Gasteiger partial charge on any atom is -0.465 e. The maximum absolute atomic E-state index is 13.2. The number of carbonyl (C=O) groups is 3. The van der Waals surface area contributed by atoms with Crippen LogP contribution in [0.15, 0.2) is 35.9 Å². The van der Waals surface area contributed by atoms with Gasteiger partial charge in [0.05, 0.1) is 12.5 Å². The van der Waals surface area contributed by atoms with Gasteiger partial charge in [-0.05, 0) is 168 Å². The number of hydrogen-bond acceptors (Lipinski definition) is 7. The smallest absolute Gasteiger partial charge is 0.409 e. The molecule has 3 fully saturated rings. The SMILES string of the molecule is CC(C)CCCC(C)C1CCC2C3CC=C4CC(OC(=O)CCCCCN(CCCCCCOC(=O)C(C)c5ccc(CC(C)C)cc5)C(=O)OCCN(C)C)CCC4(C)C3CCC12C. The minimum atomic E-state index is -0.288. The summed E-state index contributed by atoms with van der Waals surface area (Å²) in [4.78, 5) is 42.8. The zero-order valence-electron chi connectivity index (χ0n) is 43.1. The van der Waals surface area contributed by atoms with Gasteiger partial charge in [0.25, 0.3) is 0 Å². The number of rotatable bonds is 26. The van der Waals surface area contributed by atoms with E-state index >= 15 is 0 Å². The van der Waals surface area contributed by atoms with Crippen molar-refractivity contribution in [2.24, 2.45) is 52.3 Å². The molecule has 0 heterocycles. The van der Waals surface area contributed by atoms with Crippen LogP contribution in [0, 0.1) is 52.3 Å². The highest BCUT2D eigenvalue weighted by atomic mass is 16.6. The maximum atomic E-state index is 13.2. The van der Waals surface area contributed by atoms with Crippen LogP contribution in [0.4, 0.5) is 4.79 Å². The molecule has 1 amide bonds. The number of amides is 1. The first kappa shape index (κ1) is 53.1. The Labute approximate surface area is 397 Å². The van der Waals surface area contributed by atoms with E-state index in [0.717, 1.165) is 112 Å². The molecule has 0 N–H and O–H groups in total. The third-order valence-corrected chi connectivity index (χ3v) is 16.9. The molecule has 0 bridgehead atoms. The first-order chi connectivity index (χ1) is 31.0. The summed E-state index contributed by atoms with van der Waals surface area (Å²) in [7, 11) is 3.94. The minimum absolute atomic E-state index is 0.00444. The number of allylic oxidation sites excluding steroid dienone is 1. The zero-order valence-corrected chi connectivity index (χ0v) is 43.1. The molecular weight excluding hydrogens is 809 g/mol. The van der Waals surface area contributed by atoms with Crippen LogP contribution in [0.3, 0.4) is 0 Å². The van der Waals surface area contributed by atoms with Crippen molar-refractivity contribution in [1.82, 2.24) is 9.80 Å². The fourth-order valence-electron chi connectivity index (χ4n) is 13.1. The number of unbranched alkanes of at least 4 members (excludes halogenated alkanes) is 5. The van der Waals surface area contributed by atoms with Gasteiger partial charge in [-0.25, -0.2) is 4.79 Å². The largest absolute Gasteiger partial charge is 0.465 e. The van der Waals surface area contributed by atoms with Crippen LogP contribution >= 0.6 is 0 Å². The molecule has 0 radical (unpaired) electrons. The molecule has 3 saturated carbocycles. The molecule has 65 heavy (non-hydrogen) atoms. The monoisotopic (exact) mass is 903 g/mol. The van der Waals surface area contributed by atoms with Crippen molar-refractivity contribution in [3.8, 4) is 0 Å². The standard InChI is InChI=1S/C57H94N2O6/c1-41(2)19-18-20-43(5)50-28-29-51-49-27-26-47-40-48(30-32-56(47,7)52(49)31-33-57(50,51)8)65-53(60)21-14-13-16-35-59(55(62)64-38-36-58(9)10)34-15-11-12-17-37-63-54(61)44(6)46-24-22-45(23-25-46)39-42(3)4/h22-26,41-44,48-52H,11-21,27-40H2,1-10H3. The van der Waals surface area contributed by atoms with Crippen LogP contribution in [-0.4, -0.2) is 80.9 Å². The Balaban J connectivity index is 0.988. The Morgan fingerprint density at radius 2 is 1.43 bits per heavy atom. The average molecular weight is 903 g/mol. The summed E-state index contributed by atoms with van der Waals surface area (Å²) in [5, 5.41) is 0. The normalized spacial score (nSPS) is 27.1. The maximum Gasteiger partial charge on any atom is 0.409 e. The third-order valence-electron chi connectivity index (χ3n) is 16.9. The van der Waals surface area contributed by atoms with E-state index in [1.165, 1.54) is 56.9 Å². The summed E-state index contributed by atoms with van der Waals surface area (Å²) >= 11 is 0. The van der Waals surface area contributed by atoms with Gasteiger partial charge in [0.15, 0.2) is 0 Å². The van der Waals surface area contributed by atoms with E-state index in [1.54, 1.807) is 5.57 Å². The molecule has 0 spiro atoms. The van der Waals surface area contributed by atoms with Crippen LogP contribution < -0.4 is 0 Å². The van der Waals surface area contributed by atoms with Gasteiger partial charge >= 0.3 is 18.0 Å². The molecule has 4 aliphatic rings. The second kappa shape index (κ2) is 25.5. The van der Waals surface area contributed by atoms with E-state index in [-0.39, 0.29) is 35.5 Å². The Morgan fingerprint density at radius 3 is 2.12 bits per heavy atom. The number of nitrogens with zero attached hydrogens (tertiary/aromatic N) is 2. The average Bonchev–Trinajstić information content (AvgIpc) is 3.62. The highest BCUT2D eigenvalue weighted by molar-refractivity contribution is 5.77. The van der Waals surface area contributed by atoms with E-state index < -0.39 is 0 Å². The second-order valence-electron chi connectivity index (χ2n) is 23.0. The number of ether oxygens (including phenoxy) is 3. The van der Waals surface area contributed by atoms with Gasteiger partial charge < -0.3 is 24.0 Å². The van der Waals surface area contributed by atoms with Crippen molar-refractivity contribution < 1.29 is 28.6 Å². The molecule has 1 aromatic carbocycles. The lowest BCUT2D eigenvalue weighted by Gasteiger charge is -2.58. The Kier molecular flexibility index (Phi) is 20.8. The van der Waals surface area contributed by atoms with Crippen molar-refractivity contribution >= 4 is 18.0 Å². The third kappa shape index (κ3) is 15.1. The zero-order chi connectivity index (χ0) is 47.1. The van der Waals surface area contributed by atoms with Gasteiger partial charge in [0.2, 0.25) is 0 Å². The second-order valence-corrected chi connectivity index (χ2v) is 23.0. The molecule has 0 aromatic heterocycles. The molecular formula is C57H94N2O6. The first-order valence-corrected chi connectivity index (χ1v) is 26.7. The molecule has 9 atom stereocenters. The van der Waals surface area contributed by atoms with E-state index in [9.17, 15) is 14.4 Å². The quantitative estimate of drug-likeness (QED) is 0.0396. The lowest BCUT2D eigenvalue weighted by atomic mass is 9.47. The van der Waals surface area contributed by atoms with Gasteiger partial charge in [-0.15, -0.1) is 0 Å². The number of carbonyl (C=O) groups excluding carboxylic acids is 3. The van der Waals surface area contributed by atoms with Crippen molar-refractivity contribution in [3.05, 3.63) is 47.0 Å². The van der Waals surface area contributed by atoms with E-state index in [4.69, 9.17) is 14.2 Å². The molecule has 8 nitrogen and oxygen atoms in total. The summed E-state index contributed by atoms with van der Waals surface area (Å²) in [5.74, 6) is 5.03. The number of likely N-dealkylation sites (N-methyl/N-ethyl adjacent to an activating group) is 1. The van der Waals surface area contributed by atoms with Gasteiger partial charge in [-0.3, -0.25) is 9.59 Å². The highest BCUT2D eigenvalue weighted by Gasteiger charge is 2.59. The Morgan fingerprint density at radius 1 is 0.723 bits per heavy atom. The molecule has 9 unspecified atom stereocenters. The number of benzene rings is 1. The predicted molar refractivity (Wildman–Crippen MR) is 266 cm³/mol. The number of fused-ring (bicyclic) bond motifs is 5. The highest BCUT2D eigenvalue weighted by Crippen LogP contribution is 2.67. The van der Waals surface area contributed by atoms with Crippen molar-refractivity contribution in [3.63, 3.8) is 0 Å². The van der Waals surface area contributed by atoms with Crippen LogP contribution in [0.2, 0.25) is 0 Å². The first-order valence-electron chi connectivity index (χ1n) is 26.7. The van der Waals surface area contributed by atoms with E-state index in [1.807, 2.05) is 43.0 Å². The topological polar surface area (TPSA) is 85.4 Å². The fourth-order valence-corrected chi connectivity index (χ4v) is 13.1. The van der Waals surface area contributed by atoms with Crippen molar-refractivity contribution in [2.45, 2.75) is 196 Å². The summed E-state index contributed by atoms with van der Waals surface area (Å²) in [6.45, 7) is 21.6. The molecule has 1 aromatic rings. The van der Waals surface area contributed by atoms with Gasteiger partial charge in [-0.1, -0.05) is 116 Å². The van der Waals surface area contributed by atoms with Crippen LogP contribution in [0.5, 0.6) is 0 Å². The predicted octanol–water partition coefficient (Wildman–Crippen LogP) is 13.6. The van der Waals surface area contributed by atoms with E-state index in [2.05, 4.69) is 66.7 Å². The van der Waals surface area contributed by atoms with Crippen LogP contribution in [0.1, 0.15) is 194 Å². The summed E-state index contributed by atoms with van der Waals surface area (Å²) in [6.07, 6.45) is 23.7. The Hall–Kier alpha value is -2.87. The van der Waals surface area contributed by atoms with Crippen LogP contribution in [0.25, 0.3) is 0 Å². The van der Waals surface area contributed by atoms with Gasteiger partial charge in [0.1, 0.15) is 12.7 Å². The number of esters is 2. The molecule has 0 saturated heterocycles. The lowest BCUT2D eigenvalue weighted by Crippen LogP contribution is -2.51. The molecule has 0 aliphatic heterocycles. The molecule has 8 heteroatoms. The van der Waals surface area contributed by atoms with Crippen LogP contribution in [-0.2, 0) is 30.2 Å².